The lowest BCUT2D eigenvalue weighted by molar-refractivity contribution is -0.111. The molecule has 0 aliphatic heterocycles. The topological polar surface area (TPSA) is 51.5 Å². The number of anilines is 1. The summed E-state index contributed by atoms with van der Waals surface area (Å²) in [6.07, 6.45) is 3.11. The van der Waals surface area contributed by atoms with Crippen LogP contribution >= 0.6 is 23.2 Å². The fourth-order valence-electron chi connectivity index (χ4n) is 3.53. The van der Waals surface area contributed by atoms with Gasteiger partial charge in [-0.25, -0.2) is 4.39 Å². The van der Waals surface area contributed by atoms with Crippen molar-refractivity contribution in [2.45, 2.75) is 13.8 Å². The summed E-state index contributed by atoms with van der Waals surface area (Å²) in [5, 5.41) is 4.42. The maximum absolute atomic E-state index is 13.4. The highest BCUT2D eigenvalue weighted by Gasteiger charge is 2.16. The Morgan fingerprint density at radius 3 is 2.58 bits per heavy atom. The number of nitrogens with one attached hydrogen (secondary N) is 1. The van der Waals surface area contributed by atoms with Crippen molar-refractivity contribution in [1.82, 2.24) is 0 Å². The number of fused-ring (bicyclic) bond motifs is 1. The van der Waals surface area contributed by atoms with Gasteiger partial charge in [0.25, 0.3) is 0 Å². The quantitative estimate of drug-likeness (QED) is 0.282. The molecule has 0 saturated carbocycles. The maximum atomic E-state index is 13.4. The highest BCUT2D eigenvalue weighted by molar-refractivity contribution is 6.36. The third kappa shape index (κ3) is 5.05. The summed E-state index contributed by atoms with van der Waals surface area (Å²) < 4.78 is 24.9. The number of rotatable bonds is 6. The van der Waals surface area contributed by atoms with Crippen LogP contribution in [0.4, 0.5) is 10.1 Å². The summed E-state index contributed by atoms with van der Waals surface area (Å²) >= 11 is 12.1. The predicted molar refractivity (Wildman–Crippen MR) is 132 cm³/mol. The first-order valence-electron chi connectivity index (χ1n) is 10.2. The number of benzene rings is 3. The largest absolute Gasteiger partial charge is 0.493 e. The molecule has 0 saturated heterocycles. The zero-order valence-corrected chi connectivity index (χ0v) is 19.4. The van der Waals surface area contributed by atoms with E-state index >= 15 is 0 Å². The molecule has 33 heavy (non-hydrogen) atoms. The normalized spacial score (nSPS) is 11.6. The third-order valence-electron chi connectivity index (χ3n) is 5.09. The number of allylic oxidation sites excluding steroid dienone is 1. The first-order chi connectivity index (χ1) is 15.9. The smallest absolute Gasteiger partial charge is 0.248 e. The van der Waals surface area contributed by atoms with Crippen molar-refractivity contribution < 1.29 is 18.3 Å². The minimum Gasteiger partial charge on any atom is -0.493 e. The van der Waals surface area contributed by atoms with Gasteiger partial charge < -0.3 is 14.5 Å². The van der Waals surface area contributed by atoms with Gasteiger partial charge in [0.15, 0.2) is 0 Å². The number of ether oxygens (including phenoxy) is 1. The molecule has 3 aromatic carbocycles. The summed E-state index contributed by atoms with van der Waals surface area (Å²) in [6, 6.07) is 14.8. The van der Waals surface area contributed by atoms with Crippen LogP contribution in [0.1, 0.15) is 19.4 Å². The zero-order valence-electron chi connectivity index (χ0n) is 17.9. The Kier molecular flexibility index (Phi) is 6.72. The molecule has 0 fully saturated rings. The molecular weight excluding hydrogens is 464 g/mol. The van der Waals surface area contributed by atoms with Crippen molar-refractivity contribution in [2.75, 3.05) is 11.9 Å². The molecule has 0 radical (unpaired) electrons. The first-order valence-corrected chi connectivity index (χ1v) is 11.0. The van der Waals surface area contributed by atoms with Gasteiger partial charge in [-0.3, -0.25) is 4.79 Å². The van der Waals surface area contributed by atoms with Crippen LogP contribution in [0.25, 0.3) is 27.7 Å². The lowest BCUT2D eigenvalue weighted by Gasteiger charge is -2.12. The Hall–Kier alpha value is -3.28. The van der Waals surface area contributed by atoms with Crippen LogP contribution in [-0.4, -0.2) is 12.5 Å². The second kappa shape index (κ2) is 9.69. The fraction of sp³-hybridized carbons (Fsp3) is 0.115. The molecule has 7 heteroatoms. The summed E-state index contributed by atoms with van der Waals surface area (Å²) in [5.74, 6) is -0.0576. The average Bonchev–Trinajstić information content (AvgIpc) is 3.18. The molecular formula is C26H20Cl2FNO3. The molecule has 1 heterocycles. The van der Waals surface area contributed by atoms with Crippen molar-refractivity contribution in [2.24, 2.45) is 0 Å². The molecule has 4 aromatic rings. The van der Waals surface area contributed by atoms with Crippen molar-refractivity contribution in [3.63, 3.8) is 0 Å². The minimum atomic E-state index is -0.342. The number of hydrogen-bond acceptors (Lipinski definition) is 3. The van der Waals surface area contributed by atoms with Crippen molar-refractivity contribution in [1.29, 1.82) is 0 Å². The van der Waals surface area contributed by atoms with Crippen molar-refractivity contribution in [3.05, 3.63) is 88.4 Å². The van der Waals surface area contributed by atoms with E-state index in [2.05, 4.69) is 5.32 Å². The van der Waals surface area contributed by atoms with Crippen molar-refractivity contribution >= 4 is 51.3 Å². The van der Waals surface area contributed by atoms with Gasteiger partial charge in [0.2, 0.25) is 5.91 Å². The standard InChI is InChI=1S/C26H20Cl2FNO3/c1-3-32-24-13-25-20(21(14-33-25)16-4-7-18(29)8-5-16)12-19(24)15(2)10-26(31)30-23-9-6-17(27)11-22(23)28/h4-14H,3H2,1-2H3,(H,30,31)/b15-10+. The van der Waals surface area contributed by atoms with E-state index in [1.165, 1.54) is 18.2 Å². The maximum Gasteiger partial charge on any atom is 0.248 e. The highest BCUT2D eigenvalue weighted by atomic mass is 35.5. The number of furan rings is 1. The molecule has 168 valence electrons. The van der Waals surface area contributed by atoms with Crippen LogP contribution in [-0.2, 0) is 4.79 Å². The molecule has 0 aliphatic rings. The molecule has 0 atom stereocenters. The fourth-order valence-corrected chi connectivity index (χ4v) is 3.98. The first kappa shape index (κ1) is 22.9. The van der Waals surface area contributed by atoms with Gasteiger partial charge in [-0.15, -0.1) is 0 Å². The van der Waals surface area contributed by atoms with Crippen LogP contribution in [0.5, 0.6) is 5.75 Å². The molecule has 0 spiro atoms. The van der Waals surface area contributed by atoms with Gasteiger partial charge in [-0.2, -0.15) is 0 Å². The SMILES string of the molecule is CCOc1cc2occ(-c3ccc(F)cc3)c2cc1/C(C)=C/C(=O)Nc1ccc(Cl)cc1Cl. The number of halogens is 3. The average molecular weight is 484 g/mol. The van der Waals surface area contributed by atoms with Crippen LogP contribution < -0.4 is 10.1 Å². The van der Waals surface area contributed by atoms with Gasteiger partial charge >= 0.3 is 0 Å². The Bertz CT molecular complexity index is 1360. The van der Waals surface area contributed by atoms with E-state index in [0.29, 0.717) is 39.2 Å². The molecule has 4 nitrogen and oxygen atoms in total. The van der Waals surface area contributed by atoms with Crippen molar-refractivity contribution in [3.8, 4) is 16.9 Å². The lowest BCUT2D eigenvalue weighted by atomic mass is 9.99. The van der Waals surface area contributed by atoms with E-state index in [1.54, 1.807) is 42.7 Å². The molecule has 0 bridgehead atoms. The Balaban J connectivity index is 1.72. The Morgan fingerprint density at radius 1 is 1.12 bits per heavy atom. The molecule has 1 amide bonds. The van der Waals surface area contributed by atoms with Crippen LogP contribution in [0.3, 0.4) is 0 Å². The van der Waals surface area contributed by atoms with Gasteiger partial charge in [0.1, 0.15) is 17.1 Å². The Labute approximate surface area is 200 Å². The summed E-state index contributed by atoms with van der Waals surface area (Å²) in [5.41, 5.74) is 4.16. The van der Waals surface area contributed by atoms with Crippen LogP contribution in [0.15, 0.2) is 71.4 Å². The van der Waals surface area contributed by atoms with Gasteiger partial charge in [0, 0.05) is 33.7 Å². The zero-order chi connectivity index (χ0) is 23.5. The summed E-state index contributed by atoms with van der Waals surface area (Å²) in [4.78, 5) is 12.7. The molecule has 1 aromatic heterocycles. The lowest BCUT2D eigenvalue weighted by Crippen LogP contribution is -2.09. The number of carbonyl (C=O) groups excluding carboxylic acids is 1. The van der Waals surface area contributed by atoms with E-state index in [4.69, 9.17) is 32.4 Å². The number of carbonyl (C=O) groups is 1. The number of hydrogen-bond donors (Lipinski definition) is 1. The summed E-state index contributed by atoms with van der Waals surface area (Å²) in [7, 11) is 0. The molecule has 1 N–H and O–H groups in total. The van der Waals surface area contributed by atoms with Crippen LogP contribution in [0, 0.1) is 5.82 Å². The van der Waals surface area contributed by atoms with E-state index < -0.39 is 0 Å². The van der Waals surface area contributed by atoms with Crippen LogP contribution in [0.2, 0.25) is 10.0 Å². The molecule has 4 rings (SSSR count). The monoisotopic (exact) mass is 483 g/mol. The molecule has 0 aliphatic carbocycles. The van der Waals surface area contributed by atoms with E-state index in [0.717, 1.165) is 22.1 Å². The second-order valence-corrected chi connectivity index (χ2v) is 8.22. The molecule has 0 unspecified atom stereocenters. The van der Waals surface area contributed by atoms with E-state index in [9.17, 15) is 9.18 Å². The van der Waals surface area contributed by atoms with Gasteiger partial charge in [-0.05, 0) is 61.4 Å². The highest BCUT2D eigenvalue weighted by Crippen LogP contribution is 2.37. The predicted octanol–water partition coefficient (Wildman–Crippen LogP) is 7.99. The number of amides is 1. The minimum absolute atomic E-state index is 0.309. The van der Waals surface area contributed by atoms with E-state index in [-0.39, 0.29) is 11.7 Å². The summed E-state index contributed by atoms with van der Waals surface area (Å²) in [6.45, 7) is 4.16. The second-order valence-electron chi connectivity index (χ2n) is 7.37. The van der Waals surface area contributed by atoms with E-state index in [1.807, 2.05) is 19.9 Å². The van der Waals surface area contributed by atoms with Gasteiger partial charge in [0.05, 0.1) is 23.6 Å². The third-order valence-corrected chi connectivity index (χ3v) is 5.64. The Morgan fingerprint density at radius 2 is 1.88 bits per heavy atom. The van der Waals surface area contributed by atoms with Gasteiger partial charge in [-0.1, -0.05) is 35.3 Å².